The van der Waals surface area contributed by atoms with Crippen LogP contribution in [0.25, 0.3) is 0 Å². The average Bonchev–Trinajstić information content (AvgIpc) is 3.05. The molecule has 2 aliphatic rings. The Hall–Kier alpha value is -2.49. The van der Waals surface area contributed by atoms with Crippen molar-refractivity contribution in [3.05, 3.63) is 53.6 Å². The second kappa shape index (κ2) is 6.19. The van der Waals surface area contributed by atoms with Gasteiger partial charge in [-0.3, -0.25) is 4.79 Å². The molecule has 0 bridgehead atoms. The predicted molar refractivity (Wildman–Crippen MR) is 96.0 cm³/mol. The van der Waals surface area contributed by atoms with Gasteiger partial charge in [0.1, 0.15) is 5.75 Å². The third kappa shape index (κ3) is 2.52. The van der Waals surface area contributed by atoms with Crippen LogP contribution in [0.15, 0.2) is 42.5 Å². The zero-order valence-electron chi connectivity index (χ0n) is 14.0. The molecule has 24 heavy (non-hydrogen) atoms. The number of amides is 1. The van der Waals surface area contributed by atoms with E-state index >= 15 is 0 Å². The molecule has 1 amide bonds. The number of methoxy groups -OCH3 is 1. The lowest BCUT2D eigenvalue weighted by atomic mass is 10.0. The van der Waals surface area contributed by atoms with Crippen LogP contribution in [-0.2, 0) is 17.6 Å². The Labute approximate surface area is 142 Å². The fraction of sp³-hybridized carbons (Fsp3) is 0.350. The van der Waals surface area contributed by atoms with Gasteiger partial charge in [0.15, 0.2) is 0 Å². The van der Waals surface area contributed by atoms with Crippen molar-refractivity contribution in [1.82, 2.24) is 0 Å². The highest BCUT2D eigenvalue weighted by Crippen LogP contribution is 2.36. The van der Waals surface area contributed by atoms with Gasteiger partial charge in [0, 0.05) is 18.8 Å². The molecule has 0 aliphatic carbocycles. The second-order valence-electron chi connectivity index (χ2n) is 6.42. The van der Waals surface area contributed by atoms with E-state index in [2.05, 4.69) is 17.0 Å². The minimum Gasteiger partial charge on any atom is -0.495 e. The van der Waals surface area contributed by atoms with E-state index in [0.717, 1.165) is 49.5 Å². The van der Waals surface area contributed by atoms with E-state index in [1.807, 2.05) is 35.2 Å². The molecule has 2 heterocycles. The van der Waals surface area contributed by atoms with Gasteiger partial charge in [0.2, 0.25) is 5.91 Å². The molecule has 2 aromatic carbocycles. The fourth-order valence-corrected chi connectivity index (χ4v) is 3.87. The number of ether oxygens (including phenoxy) is 1. The van der Waals surface area contributed by atoms with Crippen LogP contribution in [0.5, 0.6) is 5.75 Å². The summed E-state index contributed by atoms with van der Waals surface area (Å²) in [5.41, 5.74) is 4.70. The zero-order valence-corrected chi connectivity index (χ0v) is 14.0. The molecule has 4 rings (SSSR count). The molecule has 4 heteroatoms. The summed E-state index contributed by atoms with van der Waals surface area (Å²) in [4.78, 5) is 17.0. The first-order valence-corrected chi connectivity index (χ1v) is 8.57. The normalized spacial score (nSPS) is 15.9. The number of para-hydroxylation sites is 2. The SMILES string of the molecule is COc1cccc2c1N(CC(=O)N1CCc3ccccc31)CCC2. The van der Waals surface area contributed by atoms with Gasteiger partial charge in [0.05, 0.1) is 19.3 Å². The first kappa shape index (κ1) is 15.1. The molecule has 0 saturated carbocycles. The molecule has 0 unspecified atom stereocenters. The summed E-state index contributed by atoms with van der Waals surface area (Å²) >= 11 is 0. The largest absolute Gasteiger partial charge is 0.495 e. The van der Waals surface area contributed by atoms with Gasteiger partial charge in [-0.15, -0.1) is 0 Å². The van der Waals surface area contributed by atoms with E-state index in [9.17, 15) is 4.79 Å². The summed E-state index contributed by atoms with van der Waals surface area (Å²) in [6.45, 7) is 2.08. The molecule has 0 spiro atoms. The van der Waals surface area contributed by atoms with Crippen LogP contribution >= 0.6 is 0 Å². The Bertz CT molecular complexity index is 758. The maximum Gasteiger partial charge on any atom is 0.246 e. The number of rotatable bonds is 3. The van der Waals surface area contributed by atoms with Crippen LogP contribution in [0.3, 0.4) is 0 Å². The van der Waals surface area contributed by atoms with Crippen molar-refractivity contribution in [3.8, 4) is 5.75 Å². The molecule has 124 valence electrons. The van der Waals surface area contributed by atoms with E-state index in [-0.39, 0.29) is 5.91 Å². The topological polar surface area (TPSA) is 32.8 Å². The summed E-state index contributed by atoms with van der Waals surface area (Å²) < 4.78 is 5.54. The van der Waals surface area contributed by atoms with Gasteiger partial charge in [-0.25, -0.2) is 0 Å². The van der Waals surface area contributed by atoms with Crippen molar-refractivity contribution >= 4 is 17.3 Å². The molecule has 2 aliphatic heterocycles. The lowest BCUT2D eigenvalue weighted by molar-refractivity contribution is -0.117. The minimum absolute atomic E-state index is 0.165. The molecular weight excluding hydrogens is 300 g/mol. The number of nitrogens with zero attached hydrogens (tertiary/aromatic N) is 2. The molecule has 0 fully saturated rings. The van der Waals surface area contributed by atoms with Gasteiger partial charge >= 0.3 is 0 Å². The standard InChI is InChI=1S/C20H22N2O2/c1-24-18-10-4-7-16-8-5-12-21(20(16)18)14-19(23)22-13-11-15-6-2-3-9-17(15)22/h2-4,6-7,9-10H,5,8,11-14H2,1H3. The van der Waals surface area contributed by atoms with Crippen molar-refractivity contribution in [2.45, 2.75) is 19.3 Å². The maximum absolute atomic E-state index is 12.9. The molecule has 0 N–H and O–H groups in total. The lowest BCUT2D eigenvalue weighted by Gasteiger charge is -2.33. The third-order valence-electron chi connectivity index (χ3n) is 5.01. The molecular formula is C20H22N2O2. The van der Waals surface area contributed by atoms with Gasteiger partial charge < -0.3 is 14.5 Å². The van der Waals surface area contributed by atoms with Gasteiger partial charge in [0.25, 0.3) is 0 Å². The number of hydrogen-bond donors (Lipinski definition) is 0. The number of fused-ring (bicyclic) bond motifs is 2. The summed E-state index contributed by atoms with van der Waals surface area (Å²) in [5, 5.41) is 0. The Morgan fingerprint density at radius 1 is 1.04 bits per heavy atom. The zero-order chi connectivity index (χ0) is 16.5. The highest BCUT2D eigenvalue weighted by atomic mass is 16.5. The Balaban J connectivity index is 1.58. The Kier molecular flexibility index (Phi) is 3.89. The monoisotopic (exact) mass is 322 g/mol. The van der Waals surface area contributed by atoms with Gasteiger partial charge in [-0.1, -0.05) is 30.3 Å². The minimum atomic E-state index is 0.165. The number of anilines is 2. The van der Waals surface area contributed by atoms with Crippen molar-refractivity contribution in [1.29, 1.82) is 0 Å². The average molecular weight is 322 g/mol. The second-order valence-corrected chi connectivity index (χ2v) is 6.42. The molecule has 0 aromatic heterocycles. The Morgan fingerprint density at radius 3 is 2.75 bits per heavy atom. The van der Waals surface area contributed by atoms with Crippen molar-refractivity contribution < 1.29 is 9.53 Å². The van der Waals surface area contributed by atoms with Crippen LogP contribution in [-0.4, -0.2) is 32.7 Å². The van der Waals surface area contributed by atoms with Gasteiger partial charge in [-0.2, -0.15) is 0 Å². The molecule has 0 saturated heterocycles. The van der Waals surface area contributed by atoms with Crippen LogP contribution in [0.1, 0.15) is 17.5 Å². The predicted octanol–water partition coefficient (Wildman–Crippen LogP) is 3.04. The first-order chi connectivity index (χ1) is 11.8. The highest BCUT2D eigenvalue weighted by molar-refractivity contribution is 5.98. The van der Waals surface area contributed by atoms with E-state index in [4.69, 9.17) is 4.74 Å². The molecule has 0 atom stereocenters. The first-order valence-electron chi connectivity index (χ1n) is 8.57. The van der Waals surface area contributed by atoms with E-state index in [1.54, 1.807) is 7.11 Å². The Morgan fingerprint density at radius 2 is 1.88 bits per heavy atom. The molecule has 2 aromatic rings. The summed E-state index contributed by atoms with van der Waals surface area (Å²) in [6, 6.07) is 14.3. The van der Waals surface area contributed by atoms with Crippen molar-refractivity contribution in [2.24, 2.45) is 0 Å². The molecule has 0 radical (unpaired) electrons. The summed E-state index contributed by atoms with van der Waals surface area (Å²) in [7, 11) is 1.70. The number of carbonyl (C=O) groups is 1. The smallest absolute Gasteiger partial charge is 0.246 e. The van der Waals surface area contributed by atoms with Crippen LogP contribution in [0.2, 0.25) is 0 Å². The third-order valence-corrected chi connectivity index (χ3v) is 5.01. The van der Waals surface area contributed by atoms with Crippen molar-refractivity contribution in [2.75, 3.05) is 36.5 Å². The highest BCUT2D eigenvalue weighted by Gasteiger charge is 2.28. The van der Waals surface area contributed by atoms with E-state index < -0.39 is 0 Å². The number of benzene rings is 2. The fourth-order valence-electron chi connectivity index (χ4n) is 3.87. The summed E-state index contributed by atoms with van der Waals surface area (Å²) in [5.74, 6) is 1.03. The van der Waals surface area contributed by atoms with Crippen LogP contribution < -0.4 is 14.5 Å². The maximum atomic E-state index is 12.9. The number of hydrogen-bond acceptors (Lipinski definition) is 3. The number of carbonyl (C=O) groups excluding carboxylic acids is 1. The van der Waals surface area contributed by atoms with E-state index in [0.29, 0.717) is 6.54 Å². The van der Waals surface area contributed by atoms with Crippen molar-refractivity contribution in [3.63, 3.8) is 0 Å². The molecule has 4 nitrogen and oxygen atoms in total. The van der Waals surface area contributed by atoms with Crippen LogP contribution in [0, 0.1) is 0 Å². The number of aryl methyl sites for hydroxylation is 1. The summed E-state index contributed by atoms with van der Waals surface area (Å²) in [6.07, 6.45) is 3.07. The lowest BCUT2D eigenvalue weighted by Crippen LogP contribution is -2.41. The van der Waals surface area contributed by atoms with Gasteiger partial charge in [-0.05, 0) is 42.5 Å². The van der Waals surface area contributed by atoms with Crippen LogP contribution in [0.4, 0.5) is 11.4 Å². The quantitative estimate of drug-likeness (QED) is 0.871. The van der Waals surface area contributed by atoms with E-state index in [1.165, 1.54) is 11.1 Å².